The maximum atomic E-state index is 13.5. The number of hydrogen-bond acceptors (Lipinski definition) is 5. The van der Waals surface area contributed by atoms with Crippen molar-refractivity contribution in [2.45, 2.75) is 41.0 Å². The summed E-state index contributed by atoms with van der Waals surface area (Å²) in [5.41, 5.74) is -4.69. The standard InChI is InChI=1S/C18H19ClF2N2O3/c1-7-10(8(15(20)21)6-9(19)23-7)12(24)11-13(22)17(2,3)16(26)18(4,5)14(11)25/h6,15,22,24H,1-5H3. The molecule has 5 nitrogen and oxygen atoms in total. The summed E-state index contributed by atoms with van der Waals surface area (Å²) < 4.78 is 26.9. The number of hydrogen-bond donors (Lipinski definition) is 2. The number of allylic oxidation sites excluding steroid dienone is 1. The highest BCUT2D eigenvalue weighted by Crippen LogP contribution is 2.43. The molecule has 0 aromatic carbocycles. The van der Waals surface area contributed by atoms with E-state index in [0.717, 1.165) is 6.07 Å². The number of nitrogens with zero attached hydrogens (tertiary/aromatic N) is 1. The number of aliphatic hydroxyl groups is 1. The van der Waals surface area contributed by atoms with E-state index < -0.39 is 51.4 Å². The number of carbonyl (C=O) groups is 2. The van der Waals surface area contributed by atoms with Gasteiger partial charge in [-0.05, 0) is 40.7 Å². The average Bonchev–Trinajstić information content (AvgIpc) is 2.51. The molecule has 1 fully saturated rings. The van der Waals surface area contributed by atoms with E-state index in [0.29, 0.717) is 0 Å². The molecule has 0 radical (unpaired) electrons. The van der Waals surface area contributed by atoms with E-state index in [1.807, 2.05) is 0 Å². The van der Waals surface area contributed by atoms with Gasteiger partial charge in [-0.3, -0.25) is 9.59 Å². The van der Waals surface area contributed by atoms with Gasteiger partial charge in [0, 0.05) is 11.1 Å². The van der Waals surface area contributed by atoms with E-state index in [2.05, 4.69) is 4.98 Å². The first-order valence-electron chi connectivity index (χ1n) is 7.82. The van der Waals surface area contributed by atoms with Gasteiger partial charge < -0.3 is 10.5 Å². The molecule has 0 atom stereocenters. The van der Waals surface area contributed by atoms with Gasteiger partial charge in [0.05, 0.1) is 27.8 Å². The Bertz CT molecular complexity index is 841. The molecule has 1 saturated carbocycles. The number of halogens is 3. The van der Waals surface area contributed by atoms with Gasteiger partial charge >= 0.3 is 0 Å². The third kappa shape index (κ3) is 2.84. The molecular weight excluding hydrogens is 366 g/mol. The molecule has 2 rings (SSSR count). The number of Topliss-reactive ketones (excluding diaryl/α,β-unsaturated/α-hetero) is 2. The fraction of sp³-hybridized carbons (Fsp3) is 0.444. The number of ketones is 2. The van der Waals surface area contributed by atoms with Crippen molar-refractivity contribution in [3.63, 3.8) is 0 Å². The van der Waals surface area contributed by atoms with Crippen LogP contribution in [-0.4, -0.2) is 27.4 Å². The minimum Gasteiger partial charge on any atom is -0.506 e. The lowest BCUT2D eigenvalue weighted by molar-refractivity contribution is -0.141. The summed E-state index contributed by atoms with van der Waals surface area (Å²) in [5.74, 6) is -2.05. The van der Waals surface area contributed by atoms with Crippen LogP contribution in [0.3, 0.4) is 0 Å². The zero-order valence-corrected chi connectivity index (χ0v) is 15.8. The second-order valence-electron chi connectivity index (χ2n) is 7.30. The first-order valence-corrected chi connectivity index (χ1v) is 8.20. The number of aliphatic hydroxyl groups excluding tert-OH is 1. The summed E-state index contributed by atoms with van der Waals surface area (Å²) in [6.07, 6.45) is -2.98. The topological polar surface area (TPSA) is 91.1 Å². The van der Waals surface area contributed by atoms with Gasteiger partial charge in [-0.1, -0.05) is 11.6 Å². The van der Waals surface area contributed by atoms with Crippen LogP contribution in [-0.2, 0) is 9.59 Å². The summed E-state index contributed by atoms with van der Waals surface area (Å²) >= 11 is 5.73. The Kier molecular flexibility index (Phi) is 4.83. The second-order valence-corrected chi connectivity index (χ2v) is 7.69. The Morgan fingerprint density at radius 1 is 1.23 bits per heavy atom. The molecule has 1 aromatic heterocycles. The fourth-order valence-electron chi connectivity index (χ4n) is 3.23. The molecule has 0 unspecified atom stereocenters. The van der Waals surface area contributed by atoms with Crippen LogP contribution in [0, 0.1) is 23.2 Å². The predicted molar refractivity (Wildman–Crippen MR) is 93.8 cm³/mol. The molecule has 0 bridgehead atoms. The third-order valence-corrected chi connectivity index (χ3v) is 4.91. The summed E-state index contributed by atoms with van der Waals surface area (Å²) in [6.45, 7) is 7.06. The van der Waals surface area contributed by atoms with Crippen LogP contribution in [0.2, 0.25) is 5.15 Å². The van der Waals surface area contributed by atoms with Gasteiger partial charge in [0.1, 0.15) is 10.9 Å². The minimum absolute atomic E-state index is 0.00841. The molecule has 0 aliphatic heterocycles. The average molecular weight is 385 g/mol. The lowest BCUT2D eigenvalue weighted by Gasteiger charge is -2.39. The summed E-state index contributed by atoms with van der Waals surface area (Å²) in [7, 11) is 0. The number of aryl methyl sites for hydroxylation is 1. The van der Waals surface area contributed by atoms with Gasteiger partial charge in [-0.15, -0.1) is 0 Å². The molecule has 0 amide bonds. The highest BCUT2D eigenvalue weighted by atomic mass is 35.5. The molecule has 1 aromatic rings. The van der Waals surface area contributed by atoms with Crippen LogP contribution in [0.5, 0.6) is 0 Å². The summed E-state index contributed by atoms with van der Waals surface area (Å²) in [5, 5.41) is 18.8. The van der Waals surface area contributed by atoms with Crippen LogP contribution in [0.25, 0.3) is 5.76 Å². The molecule has 1 aliphatic carbocycles. The Balaban J connectivity index is 2.87. The van der Waals surface area contributed by atoms with Crippen molar-refractivity contribution in [2.24, 2.45) is 10.8 Å². The first kappa shape index (κ1) is 20.2. The number of nitrogens with one attached hydrogen (secondary N) is 1. The van der Waals surface area contributed by atoms with E-state index in [1.165, 1.54) is 34.6 Å². The van der Waals surface area contributed by atoms with E-state index in [9.17, 15) is 23.5 Å². The molecule has 1 aliphatic rings. The second kappa shape index (κ2) is 6.23. The van der Waals surface area contributed by atoms with Crippen molar-refractivity contribution < 1.29 is 23.5 Å². The van der Waals surface area contributed by atoms with Crippen molar-refractivity contribution in [3.05, 3.63) is 33.6 Å². The maximum absolute atomic E-state index is 13.5. The van der Waals surface area contributed by atoms with Gasteiger partial charge in [-0.25, -0.2) is 13.8 Å². The molecule has 2 N–H and O–H groups in total. The van der Waals surface area contributed by atoms with Crippen LogP contribution in [0.1, 0.15) is 50.9 Å². The highest BCUT2D eigenvalue weighted by molar-refractivity contribution is 6.41. The smallest absolute Gasteiger partial charge is 0.264 e. The molecule has 8 heteroatoms. The van der Waals surface area contributed by atoms with E-state index in [4.69, 9.17) is 17.0 Å². The molecule has 0 saturated heterocycles. The number of aromatic nitrogens is 1. The Morgan fingerprint density at radius 3 is 2.27 bits per heavy atom. The highest BCUT2D eigenvalue weighted by Gasteiger charge is 2.55. The van der Waals surface area contributed by atoms with Gasteiger partial charge in [0.2, 0.25) is 0 Å². The monoisotopic (exact) mass is 384 g/mol. The first-order chi connectivity index (χ1) is 11.7. The van der Waals surface area contributed by atoms with Crippen molar-refractivity contribution in [1.82, 2.24) is 4.98 Å². The molecule has 140 valence electrons. The van der Waals surface area contributed by atoms with E-state index >= 15 is 0 Å². The normalized spacial score (nSPS) is 21.3. The number of carbonyl (C=O) groups excluding carboxylic acids is 2. The molecule has 0 spiro atoms. The van der Waals surface area contributed by atoms with Crippen molar-refractivity contribution in [1.29, 1.82) is 5.41 Å². The fourth-order valence-corrected chi connectivity index (χ4v) is 3.47. The quantitative estimate of drug-likeness (QED) is 0.340. The maximum Gasteiger partial charge on any atom is 0.264 e. The molecule has 1 heterocycles. The summed E-state index contributed by atoms with van der Waals surface area (Å²) in [6, 6.07) is 0.906. The Labute approximate surface area is 154 Å². The van der Waals surface area contributed by atoms with Gasteiger partial charge in [-0.2, -0.15) is 0 Å². The Morgan fingerprint density at radius 2 is 1.77 bits per heavy atom. The van der Waals surface area contributed by atoms with Crippen LogP contribution >= 0.6 is 11.6 Å². The predicted octanol–water partition coefficient (Wildman–Crippen LogP) is 4.47. The van der Waals surface area contributed by atoms with Crippen LogP contribution in [0.15, 0.2) is 11.6 Å². The van der Waals surface area contributed by atoms with Gasteiger partial charge in [0.25, 0.3) is 6.43 Å². The number of pyridine rings is 1. The molecular formula is C18H19ClF2N2O3. The Hall–Kier alpha value is -2.15. The lowest BCUT2D eigenvalue weighted by Crippen LogP contribution is -2.53. The summed E-state index contributed by atoms with van der Waals surface area (Å²) in [4.78, 5) is 29.2. The van der Waals surface area contributed by atoms with Crippen molar-refractivity contribution in [2.75, 3.05) is 0 Å². The van der Waals surface area contributed by atoms with Crippen molar-refractivity contribution in [3.8, 4) is 0 Å². The third-order valence-electron chi connectivity index (χ3n) is 4.71. The van der Waals surface area contributed by atoms with E-state index in [1.54, 1.807) is 0 Å². The van der Waals surface area contributed by atoms with Gasteiger partial charge in [0.15, 0.2) is 11.6 Å². The zero-order chi connectivity index (χ0) is 20.2. The minimum atomic E-state index is -2.98. The zero-order valence-electron chi connectivity index (χ0n) is 15.0. The number of rotatable bonds is 2. The number of alkyl halides is 2. The SMILES string of the molecule is Cc1nc(Cl)cc(C(F)F)c1C(O)=C1C(=N)C(C)(C)C(=O)C(C)(C)C1=O. The van der Waals surface area contributed by atoms with E-state index in [-0.39, 0.29) is 16.4 Å². The largest absolute Gasteiger partial charge is 0.506 e. The lowest BCUT2D eigenvalue weighted by atomic mass is 9.60. The molecule has 26 heavy (non-hydrogen) atoms. The van der Waals surface area contributed by atoms with Crippen molar-refractivity contribution >= 4 is 34.6 Å². The van der Waals surface area contributed by atoms with Crippen LogP contribution < -0.4 is 0 Å². The van der Waals surface area contributed by atoms with Crippen LogP contribution in [0.4, 0.5) is 8.78 Å².